The van der Waals surface area contributed by atoms with Crippen molar-refractivity contribution in [2.24, 2.45) is 0 Å². The second-order valence-electron chi connectivity index (χ2n) is 5.74. The van der Waals surface area contributed by atoms with Crippen LogP contribution in [0.2, 0.25) is 0 Å². The van der Waals surface area contributed by atoms with Crippen LogP contribution in [0, 0.1) is 0 Å². The standard InChI is InChI=1S/C19H11N5O3/c25-17-13-8-4-5-9-16(13)26-11-14(17)18-21-22-19(27-18)15-10-20-24(23-15)12-6-2-1-3-7-12/h1-11H. The zero-order valence-corrected chi connectivity index (χ0v) is 13.8. The van der Waals surface area contributed by atoms with E-state index in [1.165, 1.54) is 17.3 Å². The van der Waals surface area contributed by atoms with Crippen LogP contribution in [0.3, 0.4) is 0 Å². The van der Waals surface area contributed by atoms with Crippen LogP contribution in [0.1, 0.15) is 0 Å². The Morgan fingerprint density at radius 3 is 2.56 bits per heavy atom. The van der Waals surface area contributed by atoms with Gasteiger partial charge in [-0.2, -0.15) is 9.90 Å². The van der Waals surface area contributed by atoms with Crippen LogP contribution < -0.4 is 5.43 Å². The molecule has 8 heteroatoms. The van der Waals surface area contributed by atoms with E-state index in [0.717, 1.165) is 5.69 Å². The molecule has 0 saturated heterocycles. The van der Waals surface area contributed by atoms with E-state index in [2.05, 4.69) is 20.4 Å². The van der Waals surface area contributed by atoms with Crippen molar-refractivity contribution in [1.29, 1.82) is 0 Å². The molecule has 8 nitrogen and oxygen atoms in total. The second kappa shape index (κ2) is 6.03. The van der Waals surface area contributed by atoms with Crippen LogP contribution >= 0.6 is 0 Å². The van der Waals surface area contributed by atoms with Crippen molar-refractivity contribution < 1.29 is 8.83 Å². The van der Waals surface area contributed by atoms with Gasteiger partial charge in [-0.25, -0.2) is 0 Å². The predicted molar refractivity (Wildman–Crippen MR) is 96.1 cm³/mol. The Kier molecular flexibility index (Phi) is 3.39. The maximum absolute atomic E-state index is 12.6. The monoisotopic (exact) mass is 357 g/mol. The van der Waals surface area contributed by atoms with Crippen molar-refractivity contribution in [1.82, 2.24) is 25.2 Å². The molecule has 0 N–H and O–H groups in total. The van der Waals surface area contributed by atoms with E-state index in [-0.39, 0.29) is 22.8 Å². The number of rotatable bonds is 3. The molecule has 0 aliphatic carbocycles. The van der Waals surface area contributed by atoms with E-state index < -0.39 is 0 Å². The second-order valence-corrected chi connectivity index (χ2v) is 5.74. The lowest BCUT2D eigenvalue weighted by Gasteiger charge is -1.98. The first kappa shape index (κ1) is 15.2. The Morgan fingerprint density at radius 1 is 0.889 bits per heavy atom. The molecule has 2 aromatic carbocycles. The first-order chi connectivity index (χ1) is 13.3. The molecular weight excluding hydrogens is 346 g/mol. The normalized spacial score (nSPS) is 11.1. The summed E-state index contributed by atoms with van der Waals surface area (Å²) in [4.78, 5) is 14.1. The first-order valence-electron chi connectivity index (χ1n) is 8.12. The molecule has 27 heavy (non-hydrogen) atoms. The number of aromatic nitrogens is 5. The molecule has 5 rings (SSSR count). The van der Waals surface area contributed by atoms with E-state index in [9.17, 15) is 4.79 Å². The molecule has 5 aromatic rings. The van der Waals surface area contributed by atoms with Crippen molar-refractivity contribution >= 4 is 11.0 Å². The summed E-state index contributed by atoms with van der Waals surface area (Å²) >= 11 is 0. The minimum absolute atomic E-state index is 0.0683. The van der Waals surface area contributed by atoms with Gasteiger partial charge in [0.25, 0.3) is 11.8 Å². The summed E-state index contributed by atoms with van der Waals surface area (Å²) in [5, 5.41) is 16.9. The Labute approximate surface area is 151 Å². The van der Waals surface area contributed by atoms with Crippen molar-refractivity contribution in [2.75, 3.05) is 0 Å². The van der Waals surface area contributed by atoms with Crippen molar-refractivity contribution in [3.63, 3.8) is 0 Å². The first-order valence-corrected chi connectivity index (χ1v) is 8.12. The number of para-hydroxylation sites is 2. The highest BCUT2D eigenvalue weighted by Crippen LogP contribution is 2.22. The summed E-state index contributed by atoms with van der Waals surface area (Å²) in [6, 6.07) is 16.4. The molecule has 0 unspecified atom stereocenters. The molecular formula is C19H11N5O3. The Bertz CT molecular complexity index is 1300. The number of fused-ring (bicyclic) bond motifs is 1. The summed E-state index contributed by atoms with van der Waals surface area (Å²) in [5.41, 5.74) is 1.67. The third-order valence-corrected chi connectivity index (χ3v) is 4.03. The van der Waals surface area contributed by atoms with E-state index in [4.69, 9.17) is 8.83 Å². The summed E-state index contributed by atoms with van der Waals surface area (Å²) < 4.78 is 11.1. The van der Waals surface area contributed by atoms with Crippen molar-refractivity contribution in [3.8, 4) is 28.7 Å². The molecule has 3 aromatic heterocycles. The van der Waals surface area contributed by atoms with Gasteiger partial charge in [0, 0.05) is 0 Å². The van der Waals surface area contributed by atoms with E-state index in [1.54, 1.807) is 24.3 Å². The zero-order chi connectivity index (χ0) is 18.2. The largest absolute Gasteiger partial charge is 0.463 e. The molecule has 0 fully saturated rings. The summed E-state index contributed by atoms with van der Waals surface area (Å²) in [7, 11) is 0. The van der Waals surface area contributed by atoms with Gasteiger partial charge in [-0.05, 0) is 24.3 Å². The topological polar surface area (TPSA) is 99.8 Å². The lowest BCUT2D eigenvalue weighted by atomic mass is 10.2. The molecule has 0 bridgehead atoms. The molecule has 0 radical (unpaired) electrons. The van der Waals surface area contributed by atoms with E-state index >= 15 is 0 Å². The number of benzene rings is 2. The number of nitrogens with zero attached hydrogens (tertiary/aromatic N) is 5. The van der Waals surface area contributed by atoms with Gasteiger partial charge in [0.15, 0.2) is 5.69 Å². The Hall–Kier alpha value is -4.07. The summed E-state index contributed by atoms with van der Waals surface area (Å²) in [6.07, 6.45) is 2.84. The van der Waals surface area contributed by atoms with Gasteiger partial charge in [-0.1, -0.05) is 30.3 Å². The van der Waals surface area contributed by atoms with Crippen LogP contribution in [-0.4, -0.2) is 25.2 Å². The minimum Gasteiger partial charge on any atom is -0.463 e. The molecule has 3 heterocycles. The van der Waals surface area contributed by atoms with Crippen LogP contribution in [0.25, 0.3) is 39.7 Å². The van der Waals surface area contributed by atoms with Crippen LogP contribution in [0.4, 0.5) is 0 Å². The molecule has 0 aliphatic heterocycles. The SMILES string of the molecule is O=c1c(-c2nnc(-c3cnn(-c4ccccc4)n3)o2)coc2ccccc12. The van der Waals surface area contributed by atoms with Gasteiger partial charge in [0.1, 0.15) is 17.4 Å². The zero-order valence-electron chi connectivity index (χ0n) is 13.8. The quantitative estimate of drug-likeness (QED) is 0.489. The number of hydrogen-bond donors (Lipinski definition) is 0. The molecule has 0 atom stereocenters. The molecule has 130 valence electrons. The highest BCUT2D eigenvalue weighted by atomic mass is 16.4. The van der Waals surface area contributed by atoms with Gasteiger partial charge in [-0.3, -0.25) is 4.79 Å². The van der Waals surface area contributed by atoms with Crippen molar-refractivity contribution in [2.45, 2.75) is 0 Å². The Balaban J connectivity index is 1.53. The maximum Gasteiger partial charge on any atom is 0.270 e. The fourth-order valence-corrected chi connectivity index (χ4v) is 2.71. The van der Waals surface area contributed by atoms with Gasteiger partial charge >= 0.3 is 0 Å². The molecule has 0 amide bonds. The molecule has 0 spiro atoms. The van der Waals surface area contributed by atoms with Gasteiger partial charge in [-0.15, -0.1) is 15.3 Å². The number of hydrogen-bond acceptors (Lipinski definition) is 7. The summed E-state index contributed by atoms with van der Waals surface area (Å²) in [6.45, 7) is 0. The highest BCUT2D eigenvalue weighted by Gasteiger charge is 2.18. The average molecular weight is 357 g/mol. The average Bonchev–Trinajstić information content (AvgIpc) is 3.39. The lowest BCUT2D eigenvalue weighted by molar-refractivity contribution is 0.567. The minimum atomic E-state index is -0.236. The third-order valence-electron chi connectivity index (χ3n) is 4.03. The molecule has 0 aliphatic rings. The molecule has 0 saturated carbocycles. The van der Waals surface area contributed by atoms with Crippen LogP contribution in [0.15, 0.2) is 80.7 Å². The van der Waals surface area contributed by atoms with Gasteiger partial charge < -0.3 is 8.83 Å². The lowest BCUT2D eigenvalue weighted by Crippen LogP contribution is -2.04. The van der Waals surface area contributed by atoms with Crippen molar-refractivity contribution in [3.05, 3.63) is 77.3 Å². The fourth-order valence-electron chi connectivity index (χ4n) is 2.71. The van der Waals surface area contributed by atoms with Crippen LogP contribution in [0.5, 0.6) is 0 Å². The fraction of sp³-hybridized carbons (Fsp3) is 0. The Morgan fingerprint density at radius 2 is 1.67 bits per heavy atom. The van der Waals surface area contributed by atoms with Gasteiger partial charge in [0.2, 0.25) is 5.43 Å². The van der Waals surface area contributed by atoms with Crippen LogP contribution in [-0.2, 0) is 0 Å². The predicted octanol–water partition coefficient (Wildman–Crippen LogP) is 3.09. The highest BCUT2D eigenvalue weighted by molar-refractivity contribution is 5.79. The summed E-state index contributed by atoms with van der Waals surface area (Å²) in [5.74, 6) is 0.235. The third kappa shape index (κ3) is 2.60. The smallest absolute Gasteiger partial charge is 0.270 e. The maximum atomic E-state index is 12.6. The van der Waals surface area contributed by atoms with E-state index in [0.29, 0.717) is 16.7 Å². The van der Waals surface area contributed by atoms with E-state index in [1.807, 2.05) is 30.3 Å². The van der Waals surface area contributed by atoms with Gasteiger partial charge in [0.05, 0.1) is 17.3 Å².